The van der Waals surface area contributed by atoms with E-state index in [9.17, 15) is 9.18 Å². The zero-order valence-corrected chi connectivity index (χ0v) is 12.2. The first kappa shape index (κ1) is 16.4. The average molecular weight is 318 g/mol. The van der Waals surface area contributed by atoms with Crippen LogP contribution in [-0.2, 0) is 6.61 Å². The van der Waals surface area contributed by atoms with Crippen LogP contribution in [0.3, 0.4) is 0 Å². The van der Waals surface area contributed by atoms with Crippen molar-refractivity contribution in [2.24, 2.45) is 5.73 Å². The number of rotatable bonds is 5. The van der Waals surface area contributed by atoms with E-state index in [1.165, 1.54) is 24.3 Å². The molecule has 2 amide bonds. The molecular weight excluding hydrogens is 303 g/mol. The summed E-state index contributed by atoms with van der Waals surface area (Å²) in [6.07, 6.45) is 0.252. The number of amides is 2. The van der Waals surface area contributed by atoms with Crippen molar-refractivity contribution in [2.75, 3.05) is 6.54 Å². The minimum absolute atomic E-state index is 0.0174. The summed E-state index contributed by atoms with van der Waals surface area (Å²) in [5.74, 6) is 6.71. The first-order valence-electron chi connectivity index (χ1n) is 6.76. The van der Waals surface area contributed by atoms with E-state index in [-0.39, 0.29) is 25.4 Å². The van der Waals surface area contributed by atoms with Crippen LogP contribution in [0, 0.1) is 17.7 Å². The Hall–Kier alpha value is -2.98. The monoisotopic (exact) mass is 318 g/mol. The molecule has 1 aromatic heterocycles. The topological polar surface area (TPSA) is 88.9 Å². The van der Waals surface area contributed by atoms with Crippen LogP contribution in [0.5, 0.6) is 5.75 Å². The minimum Gasteiger partial charge on any atom is -0.486 e. The van der Waals surface area contributed by atoms with Gasteiger partial charge in [0.2, 0.25) is 0 Å². The fourth-order valence-electron chi connectivity index (χ4n) is 1.63. The highest BCUT2D eigenvalue weighted by Crippen LogP contribution is 2.14. The van der Waals surface area contributed by atoms with Crippen molar-refractivity contribution in [1.29, 1.82) is 0 Å². The van der Waals surface area contributed by atoms with E-state index in [0.717, 1.165) is 0 Å². The molecule has 0 aliphatic heterocycles. The summed E-state index contributed by atoms with van der Waals surface area (Å²) in [7, 11) is 0. The van der Waals surface area contributed by atoms with Gasteiger partial charge in [-0.3, -0.25) is 5.21 Å². The van der Waals surface area contributed by atoms with Crippen molar-refractivity contribution < 1.29 is 23.5 Å². The summed E-state index contributed by atoms with van der Waals surface area (Å²) < 4.78 is 23.6. The number of nitrogens with zero attached hydrogens (tertiary/aromatic N) is 1. The minimum atomic E-state index is -0.926. The number of hydrogen-bond acceptors (Lipinski definition) is 4. The van der Waals surface area contributed by atoms with Crippen LogP contribution >= 0.6 is 0 Å². The lowest BCUT2D eigenvalue weighted by Crippen LogP contribution is -2.33. The fourth-order valence-corrected chi connectivity index (χ4v) is 1.63. The first-order valence-corrected chi connectivity index (χ1v) is 6.76. The number of hydrogen-bond donors (Lipinski definition) is 2. The molecule has 0 saturated carbocycles. The standard InChI is InChI=1S/C16H15FN2O4/c17-12-4-6-13(7-5-12)22-11-15-9-8-14(23-15)3-1-2-10-19(21)16(18)20/h4-9,21H,2,10-11H2,(H2,18,20). The van der Waals surface area contributed by atoms with E-state index >= 15 is 0 Å². The molecule has 7 heteroatoms. The summed E-state index contributed by atoms with van der Waals surface area (Å²) in [4.78, 5) is 10.6. The number of primary amides is 1. The molecule has 0 atom stereocenters. The lowest BCUT2D eigenvalue weighted by Gasteiger charge is -2.08. The maximum Gasteiger partial charge on any atom is 0.338 e. The molecule has 0 spiro atoms. The van der Waals surface area contributed by atoms with Gasteiger partial charge in [-0.15, -0.1) is 0 Å². The van der Waals surface area contributed by atoms with Crippen LogP contribution in [0.25, 0.3) is 0 Å². The Labute approximate surface area is 132 Å². The van der Waals surface area contributed by atoms with Crippen molar-refractivity contribution in [3.05, 3.63) is 53.7 Å². The molecule has 1 aromatic carbocycles. The quantitative estimate of drug-likeness (QED) is 0.503. The van der Waals surface area contributed by atoms with E-state index in [1.807, 2.05) is 0 Å². The van der Waals surface area contributed by atoms with Gasteiger partial charge < -0.3 is 14.9 Å². The summed E-state index contributed by atoms with van der Waals surface area (Å²) >= 11 is 0. The van der Waals surface area contributed by atoms with E-state index < -0.39 is 6.03 Å². The molecule has 0 bridgehead atoms. The highest BCUT2D eigenvalue weighted by Gasteiger charge is 2.03. The number of carbonyl (C=O) groups is 1. The van der Waals surface area contributed by atoms with Crippen LogP contribution in [0.2, 0.25) is 0 Å². The number of ether oxygens (including phenoxy) is 1. The Kier molecular flexibility index (Phi) is 5.61. The molecular formula is C16H15FN2O4. The molecule has 2 rings (SSSR count). The number of benzene rings is 1. The zero-order valence-electron chi connectivity index (χ0n) is 12.2. The van der Waals surface area contributed by atoms with Crippen molar-refractivity contribution in [3.63, 3.8) is 0 Å². The first-order chi connectivity index (χ1) is 11.0. The van der Waals surface area contributed by atoms with Crippen molar-refractivity contribution >= 4 is 6.03 Å². The summed E-state index contributed by atoms with van der Waals surface area (Å²) in [6.45, 7) is 0.211. The molecule has 0 saturated heterocycles. The average Bonchev–Trinajstić information content (AvgIpc) is 2.98. The van der Waals surface area contributed by atoms with Crippen molar-refractivity contribution in [3.8, 4) is 17.6 Å². The van der Waals surface area contributed by atoms with Gasteiger partial charge in [-0.25, -0.2) is 14.2 Å². The summed E-state index contributed by atoms with van der Waals surface area (Å²) in [6, 6.07) is 8.15. The van der Waals surface area contributed by atoms with Gasteiger partial charge in [0, 0.05) is 6.42 Å². The fraction of sp³-hybridized carbons (Fsp3) is 0.188. The molecule has 0 aliphatic rings. The van der Waals surface area contributed by atoms with Crippen LogP contribution in [0.4, 0.5) is 9.18 Å². The van der Waals surface area contributed by atoms with Gasteiger partial charge in [-0.2, -0.15) is 0 Å². The number of nitrogens with two attached hydrogens (primary N) is 1. The normalized spacial score (nSPS) is 9.83. The van der Waals surface area contributed by atoms with Gasteiger partial charge in [-0.1, -0.05) is 5.92 Å². The molecule has 2 aromatic rings. The second-order valence-corrected chi connectivity index (χ2v) is 4.52. The lowest BCUT2D eigenvalue weighted by molar-refractivity contribution is -0.0372. The van der Waals surface area contributed by atoms with Gasteiger partial charge in [-0.05, 0) is 42.3 Å². The van der Waals surface area contributed by atoms with Crippen molar-refractivity contribution in [2.45, 2.75) is 13.0 Å². The third-order valence-corrected chi connectivity index (χ3v) is 2.77. The second-order valence-electron chi connectivity index (χ2n) is 4.52. The molecule has 0 fully saturated rings. The van der Waals surface area contributed by atoms with E-state index in [2.05, 4.69) is 11.8 Å². The number of hydroxylamine groups is 2. The molecule has 23 heavy (non-hydrogen) atoms. The zero-order chi connectivity index (χ0) is 16.7. The van der Waals surface area contributed by atoms with Crippen molar-refractivity contribution in [1.82, 2.24) is 5.06 Å². The highest BCUT2D eigenvalue weighted by molar-refractivity contribution is 5.70. The van der Waals surface area contributed by atoms with Gasteiger partial charge in [0.05, 0.1) is 6.54 Å². The maximum absolute atomic E-state index is 12.8. The number of furan rings is 1. The molecule has 6 nitrogen and oxygen atoms in total. The highest BCUT2D eigenvalue weighted by atomic mass is 19.1. The smallest absolute Gasteiger partial charge is 0.338 e. The van der Waals surface area contributed by atoms with Gasteiger partial charge in [0.15, 0.2) is 5.76 Å². The Morgan fingerprint density at radius 3 is 2.74 bits per heavy atom. The van der Waals surface area contributed by atoms with Crippen LogP contribution in [-0.4, -0.2) is 22.8 Å². The summed E-state index contributed by atoms with van der Waals surface area (Å²) in [5.41, 5.74) is 4.86. The van der Waals surface area contributed by atoms with E-state index in [4.69, 9.17) is 20.1 Å². The van der Waals surface area contributed by atoms with Gasteiger partial charge in [0.25, 0.3) is 0 Å². The second kappa shape index (κ2) is 7.87. The Morgan fingerprint density at radius 1 is 1.30 bits per heavy atom. The molecule has 120 valence electrons. The largest absolute Gasteiger partial charge is 0.486 e. The predicted molar refractivity (Wildman–Crippen MR) is 79.0 cm³/mol. The van der Waals surface area contributed by atoms with Gasteiger partial charge >= 0.3 is 6.03 Å². The van der Waals surface area contributed by atoms with E-state index in [1.54, 1.807) is 12.1 Å². The molecule has 0 aliphatic carbocycles. The number of carbonyl (C=O) groups excluding carboxylic acids is 1. The third kappa shape index (κ3) is 5.37. The van der Waals surface area contributed by atoms with E-state index in [0.29, 0.717) is 22.3 Å². The molecule has 0 radical (unpaired) electrons. The number of halogens is 1. The Morgan fingerprint density at radius 2 is 2.04 bits per heavy atom. The molecule has 3 N–H and O–H groups in total. The Bertz CT molecular complexity index is 716. The number of urea groups is 1. The maximum atomic E-state index is 12.8. The third-order valence-electron chi connectivity index (χ3n) is 2.77. The Balaban J connectivity index is 1.81. The van der Waals surface area contributed by atoms with Crippen LogP contribution in [0.1, 0.15) is 17.9 Å². The van der Waals surface area contributed by atoms with Crippen LogP contribution < -0.4 is 10.5 Å². The SMILES string of the molecule is NC(=O)N(O)CCC#Cc1ccc(COc2ccc(F)cc2)o1. The lowest BCUT2D eigenvalue weighted by atomic mass is 10.3. The van der Waals surface area contributed by atoms with Crippen LogP contribution in [0.15, 0.2) is 40.8 Å². The summed E-state index contributed by atoms with van der Waals surface area (Å²) in [5, 5.41) is 9.44. The predicted octanol–water partition coefficient (Wildman–Crippen LogP) is 2.51. The molecule has 1 heterocycles. The molecule has 0 unspecified atom stereocenters. The van der Waals surface area contributed by atoms with Gasteiger partial charge in [0.1, 0.15) is 23.9 Å².